The summed E-state index contributed by atoms with van der Waals surface area (Å²) in [6.45, 7) is 1.29. The summed E-state index contributed by atoms with van der Waals surface area (Å²) < 4.78 is 0. The van der Waals surface area contributed by atoms with Crippen molar-refractivity contribution < 1.29 is 14.7 Å². The third kappa shape index (κ3) is 4.81. The largest absolute Gasteiger partial charge is 0.481 e. The number of nitrogens with one attached hydrogen (secondary N) is 1. The maximum Gasteiger partial charge on any atom is 0.307 e. The van der Waals surface area contributed by atoms with Gasteiger partial charge < -0.3 is 10.4 Å². The van der Waals surface area contributed by atoms with Crippen molar-refractivity contribution in [1.29, 1.82) is 0 Å². The number of likely N-dealkylation sites (tertiary alicyclic amines) is 1. The Hall–Kier alpha value is -2.37. The summed E-state index contributed by atoms with van der Waals surface area (Å²) in [5, 5.41) is 12.0. The molecule has 25 heavy (non-hydrogen) atoms. The van der Waals surface area contributed by atoms with E-state index in [4.69, 9.17) is 5.11 Å². The molecule has 2 aromatic rings. The Morgan fingerprint density at radius 1 is 1.08 bits per heavy atom. The lowest BCUT2D eigenvalue weighted by atomic mass is 10.0. The zero-order valence-corrected chi connectivity index (χ0v) is 14.5. The van der Waals surface area contributed by atoms with Gasteiger partial charge in [0, 0.05) is 17.8 Å². The number of anilines is 1. The van der Waals surface area contributed by atoms with Crippen LogP contribution in [0.1, 0.15) is 6.42 Å². The minimum Gasteiger partial charge on any atom is -0.481 e. The van der Waals surface area contributed by atoms with Gasteiger partial charge in [0.05, 0.1) is 12.5 Å². The van der Waals surface area contributed by atoms with Crippen molar-refractivity contribution in [3.8, 4) is 11.1 Å². The monoisotopic (exact) mass is 360 g/mol. The third-order valence-electron chi connectivity index (χ3n) is 4.27. The van der Waals surface area contributed by atoms with Crippen LogP contribution in [0.2, 0.25) is 0 Å². The van der Waals surface area contributed by atoms with Gasteiger partial charge in [-0.2, -0.15) is 0 Å². The van der Waals surface area contributed by atoms with Gasteiger partial charge in [0.2, 0.25) is 5.91 Å². The lowest BCUT2D eigenvalue weighted by Gasteiger charge is -2.16. The molecule has 0 radical (unpaired) electrons. The van der Waals surface area contributed by atoms with Crippen molar-refractivity contribution in [1.82, 2.24) is 4.90 Å². The minimum atomic E-state index is -0.785. The Balaban J connectivity index is 0.00000225. The highest BCUT2D eigenvalue weighted by atomic mass is 35.5. The molecule has 0 saturated carbocycles. The van der Waals surface area contributed by atoms with Crippen molar-refractivity contribution in [3.05, 3.63) is 54.6 Å². The van der Waals surface area contributed by atoms with Crippen LogP contribution in [-0.4, -0.2) is 41.5 Å². The number of carbonyl (C=O) groups excluding carboxylic acids is 1. The number of nitrogens with zero attached hydrogens (tertiary/aromatic N) is 1. The second kappa shape index (κ2) is 8.65. The van der Waals surface area contributed by atoms with E-state index in [1.807, 2.05) is 59.5 Å². The lowest BCUT2D eigenvalue weighted by molar-refractivity contribution is -0.141. The van der Waals surface area contributed by atoms with Crippen molar-refractivity contribution >= 4 is 30.0 Å². The van der Waals surface area contributed by atoms with Gasteiger partial charge in [0.25, 0.3) is 0 Å². The summed E-state index contributed by atoms with van der Waals surface area (Å²) in [6, 6.07) is 17.6. The molecule has 1 aliphatic rings. The van der Waals surface area contributed by atoms with Crippen LogP contribution in [0.5, 0.6) is 0 Å². The van der Waals surface area contributed by atoms with Crippen molar-refractivity contribution in [3.63, 3.8) is 0 Å². The molecule has 132 valence electrons. The number of benzene rings is 2. The number of carboxylic acid groups (broad SMARTS) is 1. The second-order valence-electron chi connectivity index (χ2n) is 6.02. The molecule has 2 aromatic carbocycles. The van der Waals surface area contributed by atoms with Gasteiger partial charge in [-0.15, -0.1) is 12.4 Å². The Kier molecular flexibility index (Phi) is 6.56. The molecule has 0 bridgehead atoms. The topological polar surface area (TPSA) is 69.6 Å². The van der Waals surface area contributed by atoms with Crippen molar-refractivity contribution in [2.24, 2.45) is 5.92 Å². The van der Waals surface area contributed by atoms with Crippen LogP contribution in [0.25, 0.3) is 11.1 Å². The zero-order chi connectivity index (χ0) is 16.9. The molecule has 0 aromatic heterocycles. The fourth-order valence-electron chi connectivity index (χ4n) is 3.03. The SMILES string of the molecule is Cl.O=C(CN1CCC(C(=O)O)C1)Nc1ccccc1-c1ccccc1. The van der Waals surface area contributed by atoms with E-state index in [-0.39, 0.29) is 30.8 Å². The molecule has 6 heteroatoms. The standard InChI is InChI=1S/C19H20N2O3.ClH/c22-18(13-21-11-10-15(12-21)19(23)24)20-17-9-5-4-8-16(17)14-6-2-1-3-7-14;/h1-9,15H,10-13H2,(H,20,22)(H,23,24);1H. The van der Waals surface area contributed by atoms with Gasteiger partial charge in [-0.3, -0.25) is 14.5 Å². The number of rotatable bonds is 5. The van der Waals surface area contributed by atoms with E-state index in [1.54, 1.807) is 0 Å². The molecule has 1 unspecified atom stereocenters. The number of hydrogen-bond acceptors (Lipinski definition) is 3. The Morgan fingerprint density at radius 3 is 2.44 bits per heavy atom. The van der Waals surface area contributed by atoms with Crippen molar-refractivity contribution in [2.75, 3.05) is 25.0 Å². The predicted octanol–water partition coefficient (Wildman–Crippen LogP) is 3.12. The maximum atomic E-state index is 12.3. The highest BCUT2D eigenvalue weighted by Crippen LogP contribution is 2.27. The fourth-order valence-corrected chi connectivity index (χ4v) is 3.03. The predicted molar refractivity (Wildman–Crippen MR) is 99.9 cm³/mol. The van der Waals surface area contributed by atoms with Crippen LogP contribution in [0.4, 0.5) is 5.69 Å². The van der Waals surface area contributed by atoms with Crippen LogP contribution >= 0.6 is 12.4 Å². The Morgan fingerprint density at radius 2 is 1.76 bits per heavy atom. The molecule has 0 spiro atoms. The van der Waals surface area contributed by atoms with Gasteiger partial charge in [0.1, 0.15) is 0 Å². The number of carboxylic acids is 1. The van der Waals surface area contributed by atoms with Crippen molar-refractivity contribution in [2.45, 2.75) is 6.42 Å². The van der Waals surface area contributed by atoms with E-state index in [0.717, 1.165) is 16.8 Å². The molecule has 1 aliphatic heterocycles. The number of halogens is 1. The molecule has 0 aliphatic carbocycles. The van der Waals surface area contributed by atoms with Crippen LogP contribution < -0.4 is 5.32 Å². The first kappa shape index (κ1) is 19.0. The fraction of sp³-hybridized carbons (Fsp3) is 0.263. The Labute approximate surface area is 153 Å². The van der Waals surface area contributed by atoms with E-state index >= 15 is 0 Å². The van der Waals surface area contributed by atoms with E-state index in [2.05, 4.69) is 5.32 Å². The van der Waals surface area contributed by atoms with Gasteiger partial charge in [-0.25, -0.2) is 0 Å². The quantitative estimate of drug-likeness (QED) is 0.859. The van der Waals surface area contributed by atoms with Gasteiger partial charge >= 0.3 is 5.97 Å². The smallest absolute Gasteiger partial charge is 0.307 e. The molecule has 2 N–H and O–H groups in total. The summed E-state index contributed by atoms with van der Waals surface area (Å²) in [4.78, 5) is 25.2. The Bertz CT molecular complexity index is 736. The van der Waals surface area contributed by atoms with E-state index < -0.39 is 5.97 Å². The first-order chi connectivity index (χ1) is 11.6. The molecular weight excluding hydrogens is 340 g/mol. The zero-order valence-electron chi connectivity index (χ0n) is 13.7. The van der Waals surface area contributed by atoms with E-state index in [1.165, 1.54) is 0 Å². The summed E-state index contributed by atoms with van der Waals surface area (Å²) in [5.74, 6) is -1.27. The average molecular weight is 361 g/mol. The third-order valence-corrected chi connectivity index (χ3v) is 4.27. The number of hydrogen-bond donors (Lipinski definition) is 2. The van der Waals surface area contributed by atoms with Crippen LogP contribution in [0.3, 0.4) is 0 Å². The summed E-state index contributed by atoms with van der Waals surface area (Å²) in [6.07, 6.45) is 0.600. The minimum absolute atomic E-state index is 0. The maximum absolute atomic E-state index is 12.3. The van der Waals surface area contributed by atoms with Gasteiger partial charge in [0.15, 0.2) is 0 Å². The molecule has 1 fully saturated rings. The normalized spacial score (nSPS) is 16.9. The molecule has 1 atom stereocenters. The van der Waals surface area contributed by atoms with E-state index in [9.17, 15) is 9.59 Å². The number of para-hydroxylation sites is 1. The molecule has 3 rings (SSSR count). The first-order valence-corrected chi connectivity index (χ1v) is 8.03. The number of aliphatic carboxylic acids is 1. The van der Waals surface area contributed by atoms with E-state index in [0.29, 0.717) is 19.5 Å². The van der Waals surface area contributed by atoms with Crippen LogP contribution in [0.15, 0.2) is 54.6 Å². The summed E-state index contributed by atoms with van der Waals surface area (Å²) >= 11 is 0. The van der Waals surface area contributed by atoms with Gasteiger partial charge in [-0.05, 0) is 24.6 Å². The molecule has 1 heterocycles. The molecule has 5 nitrogen and oxygen atoms in total. The summed E-state index contributed by atoms with van der Waals surface area (Å²) in [5.41, 5.74) is 2.78. The summed E-state index contributed by atoms with van der Waals surface area (Å²) in [7, 11) is 0. The lowest BCUT2D eigenvalue weighted by Crippen LogP contribution is -2.32. The number of amides is 1. The molecule has 1 amide bonds. The molecular formula is C19H21ClN2O3. The first-order valence-electron chi connectivity index (χ1n) is 8.03. The van der Waals surface area contributed by atoms with Crippen LogP contribution in [0, 0.1) is 5.92 Å². The van der Waals surface area contributed by atoms with Crippen LogP contribution in [-0.2, 0) is 9.59 Å². The second-order valence-corrected chi connectivity index (χ2v) is 6.02. The highest BCUT2D eigenvalue weighted by Gasteiger charge is 2.28. The average Bonchev–Trinajstić information content (AvgIpc) is 3.05. The number of carbonyl (C=O) groups is 2. The molecule has 1 saturated heterocycles. The highest BCUT2D eigenvalue weighted by molar-refractivity contribution is 5.96. The van der Waals surface area contributed by atoms with Gasteiger partial charge in [-0.1, -0.05) is 48.5 Å².